The molecule has 0 aromatic rings. The summed E-state index contributed by atoms with van der Waals surface area (Å²) in [6.07, 6.45) is 0.765. The van der Waals surface area contributed by atoms with Crippen molar-refractivity contribution in [1.29, 1.82) is 0 Å². The smallest absolute Gasteiger partial charge is 0.407 e. The summed E-state index contributed by atoms with van der Waals surface area (Å²) in [5.41, 5.74) is 0. The van der Waals surface area contributed by atoms with Crippen LogP contribution in [0.4, 0.5) is 9.59 Å². The Labute approximate surface area is 149 Å². The monoisotopic (exact) mass is 361 g/mol. The Balaban J connectivity index is 4.22. The lowest BCUT2D eigenvalue weighted by Crippen LogP contribution is -2.34. The molecule has 0 unspecified atom stereocenters. The van der Waals surface area contributed by atoms with Crippen LogP contribution in [0.25, 0.3) is 0 Å². The van der Waals surface area contributed by atoms with Crippen molar-refractivity contribution in [2.75, 3.05) is 40.0 Å². The lowest BCUT2D eigenvalue weighted by molar-refractivity contribution is -0.121. The first-order chi connectivity index (χ1) is 12.0. The first kappa shape index (κ1) is 23.0. The van der Waals surface area contributed by atoms with E-state index in [0.29, 0.717) is 25.9 Å². The summed E-state index contributed by atoms with van der Waals surface area (Å²) in [6.45, 7) is 5.10. The molecule has 0 atom stereocenters. The zero-order valence-electron chi connectivity index (χ0n) is 15.4. The fraction of sp³-hybridized carbons (Fsp3) is 0.812. The predicted octanol–water partition coefficient (Wildman–Crippen LogP) is 1.17. The van der Waals surface area contributed by atoms with Crippen molar-refractivity contribution < 1.29 is 28.6 Å². The molecule has 9 nitrogen and oxygen atoms in total. The first-order valence-electron chi connectivity index (χ1n) is 8.66. The summed E-state index contributed by atoms with van der Waals surface area (Å²) in [4.78, 5) is 34.1. The lowest BCUT2D eigenvalue weighted by atomic mass is 10.3. The third-order valence-electron chi connectivity index (χ3n) is 3.02. The molecular formula is C16H31N3O6. The number of rotatable bonds is 13. The largest absolute Gasteiger partial charge is 0.447 e. The van der Waals surface area contributed by atoms with Gasteiger partial charge in [-0.25, -0.2) is 9.59 Å². The van der Waals surface area contributed by atoms with Crippen molar-refractivity contribution in [3.05, 3.63) is 0 Å². The van der Waals surface area contributed by atoms with E-state index in [9.17, 15) is 14.4 Å². The number of carbonyl (C=O) groups excluding carboxylic acids is 3. The minimum Gasteiger partial charge on any atom is -0.447 e. The van der Waals surface area contributed by atoms with Crippen LogP contribution in [-0.4, -0.2) is 64.2 Å². The van der Waals surface area contributed by atoms with Gasteiger partial charge in [0.25, 0.3) is 0 Å². The van der Waals surface area contributed by atoms with E-state index in [2.05, 4.69) is 16.0 Å². The molecule has 0 rings (SSSR count). The van der Waals surface area contributed by atoms with Gasteiger partial charge in [0.15, 0.2) is 0 Å². The van der Waals surface area contributed by atoms with Crippen LogP contribution in [-0.2, 0) is 19.0 Å². The van der Waals surface area contributed by atoms with Gasteiger partial charge in [-0.3, -0.25) is 4.79 Å². The van der Waals surface area contributed by atoms with Crippen molar-refractivity contribution >= 4 is 18.1 Å². The Morgan fingerprint density at radius 1 is 0.920 bits per heavy atom. The molecule has 0 aliphatic heterocycles. The molecule has 0 aliphatic rings. The molecule has 0 bridgehead atoms. The Morgan fingerprint density at radius 2 is 1.44 bits per heavy atom. The van der Waals surface area contributed by atoms with Gasteiger partial charge in [0.05, 0.1) is 0 Å². The van der Waals surface area contributed by atoms with Gasteiger partial charge in [-0.2, -0.15) is 0 Å². The van der Waals surface area contributed by atoms with Gasteiger partial charge in [0.2, 0.25) is 5.91 Å². The zero-order valence-corrected chi connectivity index (χ0v) is 15.4. The fourth-order valence-electron chi connectivity index (χ4n) is 1.65. The van der Waals surface area contributed by atoms with E-state index in [1.54, 1.807) is 7.05 Å². The van der Waals surface area contributed by atoms with Crippen LogP contribution in [0.2, 0.25) is 0 Å². The number of carbonyl (C=O) groups is 3. The van der Waals surface area contributed by atoms with Crippen LogP contribution in [0.3, 0.4) is 0 Å². The normalized spacial score (nSPS) is 10.2. The van der Waals surface area contributed by atoms with Gasteiger partial charge in [0.1, 0.15) is 19.3 Å². The number of hydrogen-bond donors (Lipinski definition) is 3. The van der Waals surface area contributed by atoms with Crippen molar-refractivity contribution in [3.63, 3.8) is 0 Å². The van der Waals surface area contributed by atoms with Gasteiger partial charge in [-0.15, -0.1) is 0 Å². The quantitative estimate of drug-likeness (QED) is 0.424. The average Bonchev–Trinajstić information content (AvgIpc) is 2.62. The Bertz CT molecular complexity index is 368. The van der Waals surface area contributed by atoms with Crippen LogP contribution >= 0.6 is 0 Å². The molecular weight excluding hydrogens is 330 g/mol. The number of alkyl carbamates (subject to hydrolysis) is 2. The summed E-state index contributed by atoms with van der Waals surface area (Å²) in [6, 6.07) is 0. The summed E-state index contributed by atoms with van der Waals surface area (Å²) in [7, 11) is 1.57. The van der Waals surface area contributed by atoms with E-state index < -0.39 is 18.3 Å². The molecule has 25 heavy (non-hydrogen) atoms. The van der Waals surface area contributed by atoms with E-state index in [0.717, 1.165) is 12.8 Å². The highest BCUT2D eigenvalue weighted by Gasteiger charge is 2.15. The maximum absolute atomic E-state index is 11.5. The van der Waals surface area contributed by atoms with Crippen LogP contribution in [0.1, 0.15) is 39.5 Å². The second kappa shape index (κ2) is 15.5. The van der Waals surface area contributed by atoms with Gasteiger partial charge in [-0.1, -0.05) is 13.8 Å². The molecule has 146 valence electrons. The third kappa shape index (κ3) is 14.1. The fourth-order valence-corrected chi connectivity index (χ4v) is 1.65. The van der Waals surface area contributed by atoms with Crippen molar-refractivity contribution in [2.24, 2.45) is 0 Å². The van der Waals surface area contributed by atoms with E-state index in [1.165, 1.54) is 0 Å². The molecule has 3 N–H and O–H groups in total. The minimum absolute atomic E-state index is 0.0451. The SMILES string of the molecule is CCCNC(=O)OCC(COC(=O)NCCC)OCCCC(=O)NC. The van der Waals surface area contributed by atoms with Gasteiger partial charge < -0.3 is 30.2 Å². The van der Waals surface area contributed by atoms with Crippen LogP contribution in [0.5, 0.6) is 0 Å². The second-order valence-corrected chi connectivity index (χ2v) is 5.32. The summed E-state index contributed by atoms with van der Waals surface area (Å²) >= 11 is 0. The molecule has 0 aliphatic carbocycles. The highest BCUT2D eigenvalue weighted by molar-refractivity contribution is 5.75. The molecule has 0 radical (unpaired) electrons. The maximum atomic E-state index is 11.5. The third-order valence-corrected chi connectivity index (χ3v) is 3.02. The van der Waals surface area contributed by atoms with E-state index in [4.69, 9.17) is 14.2 Å². The van der Waals surface area contributed by atoms with Gasteiger partial charge in [0, 0.05) is 33.2 Å². The average molecular weight is 361 g/mol. The Morgan fingerprint density at radius 3 is 1.88 bits per heavy atom. The van der Waals surface area contributed by atoms with E-state index >= 15 is 0 Å². The molecule has 9 heteroatoms. The van der Waals surface area contributed by atoms with Gasteiger partial charge >= 0.3 is 12.2 Å². The topological polar surface area (TPSA) is 115 Å². The van der Waals surface area contributed by atoms with E-state index in [1.807, 2.05) is 13.8 Å². The Hall–Kier alpha value is -2.03. The van der Waals surface area contributed by atoms with E-state index in [-0.39, 0.29) is 25.7 Å². The van der Waals surface area contributed by atoms with Crippen LogP contribution in [0, 0.1) is 0 Å². The molecule has 0 aromatic heterocycles. The molecule has 0 heterocycles. The van der Waals surface area contributed by atoms with Crippen LogP contribution in [0.15, 0.2) is 0 Å². The highest BCUT2D eigenvalue weighted by Crippen LogP contribution is 2.00. The first-order valence-corrected chi connectivity index (χ1v) is 8.66. The molecule has 0 saturated heterocycles. The predicted molar refractivity (Wildman–Crippen MR) is 92.3 cm³/mol. The number of hydrogen-bond acceptors (Lipinski definition) is 6. The molecule has 0 saturated carbocycles. The molecule has 0 aromatic carbocycles. The zero-order chi connectivity index (χ0) is 18.9. The summed E-state index contributed by atoms with van der Waals surface area (Å²) in [5, 5.41) is 7.68. The molecule has 0 fully saturated rings. The van der Waals surface area contributed by atoms with Gasteiger partial charge in [-0.05, 0) is 19.3 Å². The Kier molecular flexibility index (Phi) is 14.2. The lowest BCUT2D eigenvalue weighted by Gasteiger charge is -2.18. The van der Waals surface area contributed by atoms with Crippen LogP contribution < -0.4 is 16.0 Å². The maximum Gasteiger partial charge on any atom is 0.407 e. The number of amides is 3. The summed E-state index contributed by atoms with van der Waals surface area (Å²) < 4.78 is 15.7. The molecule has 3 amide bonds. The summed E-state index contributed by atoms with van der Waals surface area (Å²) in [5.74, 6) is -0.0782. The molecule has 0 spiro atoms. The second-order valence-electron chi connectivity index (χ2n) is 5.32. The van der Waals surface area contributed by atoms with Crippen molar-refractivity contribution in [1.82, 2.24) is 16.0 Å². The van der Waals surface area contributed by atoms with Crippen molar-refractivity contribution in [2.45, 2.75) is 45.6 Å². The highest BCUT2D eigenvalue weighted by atomic mass is 16.6. The standard InChI is InChI=1S/C16H31N3O6/c1-4-8-18-15(21)24-11-13(12-25-16(22)19-9-5-2)23-10-6-7-14(20)17-3/h13H,4-12H2,1-3H3,(H,17,20)(H,18,21)(H,19,22). The van der Waals surface area contributed by atoms with Crippen molar-refractivity contribution in [3.8, 4) is 0 Å². The number of nitrogens with one attached hydrogen (secondary N) is 3. The number of ether oxygens (including phenoxy) is 3. The minimum atomic E-state index is -0.593.